The summed E-state index contributed by atoms with van der Waals surface area (Å²) in [6.45, 7) is 1.80. The Morgan fingerprint density at radius 3 is 2.81 bits per heavy atom. The molecule has 1 aromatic heterocycles. The van der Waals surface area contributed by atoms with Crippen molar-refractivity contribution in [3.05, 3.63) is 65.7 Å². The number of nitrogens with one attached hydrogen (secondary N) is 2. The van der Waals surface area contributed by atoms with Gasteiger partial charge in [0, 0.05) is 30.6 Å². The number of likely N-dealkylation sites (N-methyl/N-ethyl adjacent to an activating group) is 1. The predicted octanol–water partition coefficient (Wildman–Crippen LogP) is 1.62. The molecule has 2 N–H and O–H groups in total. The van der Waals surface area contributed by atoms with Crippen LogP contribution in [0.5, 0.6) is 0 Å². The van der Waals surface area contributed by atoms with Crippen molar-refractivity contribution in [3.63, 3.8) is 0 Å². The van der Waals surface area contributed by atoms with Crippen molar-refractivity contribution in [3.8, 4) is 11.4 Å². The third-order valence-corrected chi connectivity index (χ3v) is 4.97. The molecular weight excluding hydrogens is 340 g/mol. The van der Waals surface area contributed by atoms with Crippen molar-refractivity contribution in [2.24, 2.45) is 0 Å². The van der Waals surface area contributed by atoms with E-state index in [0.717, 1.165) is 24.2 Å². The van der Waals surface area contributed by atoms with Crippen LogP contribution in [0.2, 0.25) is 0 Å². The van der Waals surface area contributed by atoms with E-state index in [0.29, 0.717) is 18.2 Å². The number of aromatic amines is 1. The normalized spacial score (nSPS) is 19.9. The second kappa shape index (κ2) is 7.67. The Kier molecular flexibility index (Phi) is 4.93. The number of hydrogen-bond acceptors (Lipinski definition) is 5. The molecule has 1 saturated heterocycles. The van der Waals surface area contributed by atoms with Crippen LogP contribution in [0.1, 0.15) is 17.0 Å². The first-order valence-electron chi connectivity index (χ1n) is 9.04. The lowest BCUT2D eigenvalue weighted by atomic mass is 9.94. The standard InChI is InChI=1S/C20H22N6O/c1-26-12-17(15-7-3-2-4-8-15)18(13-26)21-19(27)11-14-6-5-9-16(10-14)20-22-24-25-23-20/h2-10,17-18H,11-13H2,1H3,(H,21,27)(H,22,23,24,25). The molecule has 27 heavy (non-hydrogen) atoms. The van der Waals surface area contributed by atoms with E-state index in [9.17, 15) is 4.79 Å². The van der Waals surface area contributed by atoms with Crippen LogP contribution in [0.25, 0.3) is 11.4 Å². The highest BCUT2D eigenvalue weighted by Crippen LogP contribution is 2.26. The molecule has 7 nitrogen and oxygen atoms in total. The third-order valence-electron chi connectivity index (χ3n) is 4.97. The summed E-state index contributed by atoms with van der Waals surface area (Å²) in [6, 6.07) is 18.2. The monoisotopic (exact) mass is 362 g/mol. The Hall–Kier alpha value is -3.06. The number of likely N-dealkylation sites (tertiary alicyclic amines) is 1. The molecule has 1 aliphatic rings. The van der Waals surface area contributed by atoms with Gasteiger partial charge in [0.2, 0.25) is 11.7 Å². The summed E-state index contributed by atoms with van der Waals surface area (Å²) in [7, 11) is 2.09. The molecule has 0 spiro atoms. The topological polar surface area (TPSA) is 86.8 Å². The van der Waals surface area contributed by atoms with Gasteiger partial charge in [-0.2, -0.15) is 5.21 Å². The molecule has 1 aliphatic heterocycles. The van der Waals surface area contributed by atoms with Crippen LogP contribution in [0.3, 0.4) is 0 Å². The number of carbonyl (C=O) groups excluding carboxylic acids is 1. The first-order chi connectivity index (χ1) is 13.2. The molecule has 2 unspecified atom stereocenters. The molecular formula is C20H22N6O. The van der Waals surface area contributed by atoms with E-state index >= 15 is 0 Å². The molecule has 1 fully saturated rings. The smallest absolute Gasteiger partial charge is 0.224 e. The molecule has 0 bridgehead atoms. The Morgan fingerprint density at radius 2 is 2.04 bits per heavy atom. The van der Waals surface area contributed by atoms with E-state index in [1.165, 1.54) is 5.56 Å². The van der Waals surface area contributed by atoms with Crippen LogP contribution >= 0.6 is 0 Å². The van der Waals surface area contributed by atoms with Gasteiger partial charge >= 0.3 is 0 Å². The highest BCUT2D eigenvalue weighted by Gasteiger charge is 2.32. The van der Waals surface area contributed by atoms with Crippen LogP contribution < -0.4 is 5.32 Å². The highest BCUT2D eigenvalue weighted by molar-refractivity contribution is 5.79. The van der Waals surface area contributed by atoms with Gasteiger partial charge in [-0.3, -0.25) is 4.79 Å². The van der Waals surface area contributed by atoms with Gasteiger partial charge < -0.3 is 10.2 Å². The largest absolute Gasteiger partial charge is 0.351 e. The maximum absolute atomic E-state index is 12.7. The van der Waals surface area contributed by atoms with E-state index in [4.69, 9.17) is 0 Å². The molecule has 138 valence electrons. The molecule has 3 aromatic rings. The fourth-order valence-corrected chi connectivity index (χ4v) is 3.73. The van der Waals surface area contributed by atoms with Crippen molar-refractivity contribution in [2.45, 2.75) is 18.4 Å². The fraction of sp³-hybridized carbons (Fsp3) is 0.300. The summed E-state index contributed by atoms with van der Waals surface area (Å²) in [5.41, 5.74) is 3.04. The predicted molar refractivity (Wildman–Crippen MR) is 102 cm³/mol. The minimum atomic E-state index is 0.0292. The van der Waals surface area contributed by atoms with Gasteiger partial charge in [-0.1, -0.05) is 48.5 Å². The molecule has 7 heteroatoms. The van der Waals surface area contributed by atoms with Crippen molar-refractivity contribution in [1.29, 1.82) is 0 Å². The molecule has 0 aliphatic carbocycles. The van der Waals surface area contributed by atoms with Crippen LogP contribution in [-0.4, -0.2) is 57.6 Å². The van der Waals surface area contributed by atoms with Gasteiger partial charge in [-0.05, 0) is 29.5 Å². The number of rotatable bonds is 5. The molecule has 0 saturated carbocycles. The Bertz CT molecular complexity index is 896. The lowest BCUT2D eigenvalue weighted by molar-refractivity contribution is -0.121. The van der Waals surface area contributed by atoms with E-state index in [1.54, 1.807) is 0 Å². The van der Waals surface area contributed by atoms with Crippen molar-refractivity contribution >= 4 is 5.91 Å². The van der Waals surface area contributed by atoms with E-state index in [-0.39, 0.29) is 11.9 Å². The van der Waals surface area contributed by atoms with Crippen LogP contribution in [0.15, 0.2) is 54.6 Å². The number of aromatic nitrogens is 4. The van der Waals surface area contributed by atoms with Crippen molar-refractivity contribution < 1.29 is 4.79 Å². The van der Waals surface area contributed by atoms with Gasteiger partial charge in [0.25, 0.3) is 0 Å². The number of benzene rings is 2. The summed E-state index contributed by atoms with van der Waals surface area (Å²) in [6.07, 6.45) is 0.327. The first-order valence-corrected chi connectivity index (χ1v) is 9.04. The van der Waals surface area contributed by atoms with Gasteiger partial charge in [-0.15, -0.1) is 10.2 Å². The summed E-state index contributed by atoms with van der Waals surface area (Å²) in [5, 5.41) is 17.2. The molecule has 0 radical (unpaired) electrons. The number of amides is 1. The Labute approximate surface area is 157 Å². The van der Waals surface area contributed by atoms with E-state index in [2.05, 4.69) is 62.2 Å². The van der Waals surface area contributed by atoms with Gasteiger partial charge in [0.1, 0.15) is 0 Å². The summed E-state index contributed by atoms with van der Waals surface area (Å²) in [4.78, 5) is 14.9. The molecule has 1 amide bonds. The van der Waals surface area contributed by atoms with E-state index < -0.39 is 0 Å². The lowest BCUT2D eigenvalue weighted by Gasteiger charge is -2.20. The second-order valence-electron chi connectivity index (χ2n) is 7.02. The fourth-order valence-electron chi connectivity index (χ4n) is 3.73. The van der Waals surface area contributed by atoms with Crippen molar-refractivity contribution in [2.75, 3.05) is 20.1 Å². The second-order valence-corrected chi connectivity index (χ2v) is 7.02. The van der Waals surface area contributed by atoms with Crippen LogP contribution in [-0.2, 0) is 11.2 Å². The minimum absolute atomic E-state index is 0.0292. The minimum Gasteiger partial charge on any atom is -0.351 e. The lowest BCUT2D eigenvalue weighted by Crippen LogP contribution is -2.40. The maximum atomic E-state index is 12.7. The molecule has 2 aromatic carbocycles. The average Bonchev–Trinajstić information content (AvgIpc) is 3.32. The quantitative estimate of drug-likeness (QED) is 0.720. The number of H-pyrrole nitrogens is 1. The summed E-state index contributed by atoms with van der Waals surface area (Å²) in [5.74, 6) is 0.867. The molecule has 4 rings (SSSR count). The zero-order valence-corrected chi connectivity index (χ0v) is 15.2. The van der Waals surface area contributed by atoms with Crippen molar-refractivity contribution in [1.82, 2.24) is 30.8 Å². The van der Waals surface area contributed by atoms with Crippen LogP contribution in [0, 0.1) is 0 Å². The van der Waals surface area contributed by atoms with Gasteiger partial charge in [-0.25, -0.2) is 0 Å². The van der Waals surface area contributed by atoms with Gasteiger partial charge in [0.05, 0.1) is 6.42 Å². The summed E-state index contributed by atoms with van der Waals surface area (Å²) < 4.78 is 0. The first kappa shape index (κ1) is 17.4. The third kappa shape index (κ3) is 4.03. The number of hydrogen-bond donors (Lipinski definition) is 2. The number of tetrazole rings is 1. The highest BCUT2D eigenvalue weighted by atomic mass is 16.1. The molecule has 2 atom stereocenters. The number of nitrogens with zero attached hydrogens (tertiary/aromatic N) is 4. The SMILES string of the molecule is CN1CC(NC(=O)Cc2cccc(-c3nn[nH]n3)c2)C(c2ccccc2)C1. The van der Waals surface area contributed by atoms with Crippen LogP contribution in [0.4, 0.5) is 0 Å². The van der Waals surface area contributed by atoms with E-state index in [1.807, 2.05) is 30.3 Å². The zero-order chi connectivity index (χ0) is 18.6. The zero-order valence-electron chi connectivity index (χ0n) is 15.2. The Balaban J connectivity index is 1.44. The molecule has 2 heterocycles. The summed E-state index contributed by atoms with van der Waals surface area (Å²) >= 11 is 0. The number of carbonyl (C=O) groups is 1. The average molecular weight is 362 g/mol. The van der Waals surface area contributed by atoms with Gasteiger partial charge in [0.15, 0.2) is 0 Å². The maximum Gasteiger partial charge on any atom is 0.224 e. The Morgan fingerprint density at radius 1 is 1.19 bits per heavy atom.